The standard InChI is InChI=1S/C35H42NO10/c1-21-10-9-12-29-31(21)28(18-27-15-13-26(14-16-27)11-7-8-17-37)19-36(29,6)35-34(45-25(5)41)33(44-24(4)40)32(43-23(3)39)30(46-35)20-42-22(2)38/h7,9-16,19,30,32-35,37H,8,17-18,20H2,1-6H3/q+1. The van der Waals surface area contributed by atoms with E-state index in [0.29, 0.717) is 12.8 Å². The van der Waals surface area contributed by atoms with Gasteiger partial charge in [0.2, 0.25) is 12.3 Å². The van der Waals surface area contributed by atoms with Gasteiger partial charge in [-0.1, -0.05) is 48.6 Å². The maximum absolute atomic E-state index is 12.5. The number of nitrogens with zero attached hydrogens (tertiary/aromatic N) is 1. The van der Waals surface area contributed by atoms with Crippen molar-refractivity contribution in [1.29, 1.82) is 0 Å². The molecule has 0 aromatic heterocycles. The smallest absolute Gasteiger partial charge is 0.303 e. The third-order valence-electron chi connectivity index (χ3n) is 7.99. The number of fused-ring (bicyclic) bond motifs is 1. The van der Waals surface area contributed by atoms with E-state index in [-0.39, 0.29) is 17.7 Å². The zero-order valence-corrected chi connectivity index (χ0v) is 27.1. The molecule has 0 aliphatic carbocycles. The Balaban J connectivity index is 1.82. The third kappa shape index (κ3) is 7.90. The van der Waals surface area contributed by atoms with Crippen molar-refractivity contribution in [2.75, 3.05) is 20.3 Å². The predicted octanol–water partition coefficient (Wildman–Crippen LogP) is 4.01. The van der Waals surface area contributed by atoms with Crippen molar-refractivity contribution in [3.05, 3.63) is 77.0 Å². The maximum Gasteiger partial charge on any atom is 0.303 e. The molecule has 1 saturated heterocycles. The summed E-state index contributed by atoms with van der Waals surface area (Å²) in [4.78, 5) is 48.9. The van der Waals surface area contributed by atoms with Gasteiger partial charge in [-0.15, -0.1) is 0 Å². The van der Waals surface area contributed by atoms with Crippen molar-refractivity contribution in [3.63, 3.8) is 0 Å². The Kier molecular flexibility index (Phi) is 11.2. The van der Waals surface area contributed by atoms with Gasteiger partial charge in [-0.2, -0.15) is 0 Å². The SMILES string of the molecule is CC(=O)OCC1OC([N+]2(C)C=C(Cc3ccc(C=CCCO)cc3)c3c(C)cccc32)C(OC(C)=O)C(OC(C)=O)C1OC(C)=O. The first-order valence-electron chi connectivity index (χ1n) is 15.2. The topological polar surface area (TPSA) is 135 Å². The van der Waals surface area contributed by atoms with Crippen LogP contribution >= 0.6 is 0 Å². The van der Waals surface area contributed by atoms with Crippen LogP contribution in [0, 0.1) is 6.92 Å². The van der Waals surface area contributed by atoms with Gasteiger partial charge < -0.3 is 28.8 Å². The van der Waals surface area contributed by atoms with Crippen LogP contribution in [0.4, 0.5) is 5.69 Å². The highest BCUT2D eigenvalue weighted by Crippen LogP contribution is 2.47. The molecule has 6 atom stereocenters. The third-order valence-corrected chi connectivity index (χ3v) is 7.99. The quantitative estimate of drug-likeness (QED) is 0.219. The summed E-state index contributed by atoms with van der Waals surface area (Å²) in [7, 11) is 1.90. The molecule has 246 valence electrons. The van der Waals surface area contributed by atoms with E-state index in [0.717, 1.165) is 33.5 Å². The zero-order valence-electron chi connectivity index (χ0n) is 27.1. The number of hydrogen-bond donors (Lipinski definition) is 1. The maximum atomic E-state index is 12.5. The molecule has 1 fully saturated rings. The molecule has 2 aromatic rings. The van der Waals surface area contributed by atoms with Crippen molar-refractivity contribution >= 4 is 41.2 Å². The fourth-order valence-electron chi connectivity index (χ4n) is 6.17. The minimum Gasteiger partial charge on any atom is -0.463 e. The van der Waals surface area contributed by atoms with Crippen molar-refractivity contribution in [1.82, 2.24) is 4.48 Å². The van der Waals surface area contributed by atoms with E-state index in [2.05, 4.69) is 0 Å². The van der Waals surface area contributed by atoms with E-state index in [1.807, 2.05) is 74.8 Å². The lowest BCUT2D eigenvalue weighted by Crippen LogP contribution is -2.69. The van der Waals surface area contributed by atoms with Crippen LogP contribution in [-0.2, 0) is 49.3 Å². The highest BCUT2D eigenvalue weighted by molar-refractivity contribution is 5.85. The number of ether oxygens (including phenoxy) is 5. The van der Waals surface area contributed by atoms with Crippen molar-refractivity contribution < 1.29 is 48.0 Å². The van der Waals surface area contributed by atoms with Crippen LogP contribution in [0.2, 0.25) is 0 Å². The Morgan fingerprint density at radius 2 is 1.50 bits per heavy atom. The number of hydrogen-bond acceptors (Lipinski definition) is 10. The lowest BCUT2D eigenvalue weighted by atomic mass is 9.94. The lowest BCUT2D eigenvalue weighted by molar-refractivity contribution is -0.269. The van der Waals surface area contributed by atoms with Crippen LogP contribution in [-0.4, -0.2) is 79.9 Å². The molecule has 0 saturated carbocycles. The summed E-state index contributed by atoms with van der Waals surface area (Å²) in [6.07, 6.45) is 1.32. The number of likely N-dealkylation sites (N-methyl/N-ethyl adjacent to an activating group) is 1. The van der Waals surface area contributed by atoms with Crippen molar-refractivity contribution in [3.8, 4) is 0 Å². The largest absolute Gasteiger partial charge is 0.463 e. The number of aliphatic hydroxyl groups excluding tert-OH is 1. The number of carbonyl (C=O) groups is 4. The average Bonchev–Trinajstić information content (AvgIpc) is 3.27. The Morgan fingerprint density at radius 1 is 0.870 bits per heavy atom. The summed E-state index contributed by atoms with van der Waals surface area (Å²) in [5.74, 6) is -2.59. The number of esters is 4. The summed E-state index contributed by atoms with van der Waals surface area (Å²) in [5.41, 5.74) is 5.98. The summed E-state index contributed by atoms with van der Waals surface area (Å²) in [6, 6.07) is 14.1. The predicted molar refractivity (Wildman–Crippen MR) is 170 cm³/mol. The van der Waals surface area contributed by atoms with Gasteiger partial charge in [0, 0.05) is 57.9 Å². The molecule has 0 radical (unpaired) electrons. The number of benzene rings is 2. The molecule has 0 bridgehead atoms. The zero-order chi connectivity index (χ0) is 33.6. The van der Waals surface area contributed by atoms with E-state index in [9.17, 15) is 19.2 Å². The molecule has 2 heterocycles. The van der Waals surface area contributed by atoms with Crippen molar-refractivity contribution in [2.24, 2.45) is 0 Å². The van der Waals surface area contributed by atoms with Crippen LogP contribution in [0.15, 0.2) is 54.7 Å². The second-order valence-corrected chi connectivity index (χ2v) is 11.7. The first kappa shape index (κ1) is 34.6. The van der Waals surface area contributed by atoms with E-state index in [1.165, 1.54) is 27.7 Å². The van der Waals surface area contributed by atoms with Gasteiger partial charge in [-0.05, 0) is 30.0 Å². The van der Waals surface area contributed by atoms with Gasteiger partial charge in [0.05, 0.1) is 7.05 Å². The van der Waals surface area contributed by atoms with E-state index >= 15 is 0 Å². The van der Waals surface area contributed by atoms with Gasteiger partial charge in [0.25, 0.3) is 0 Å². The number of aryl methyl sites for hydroxylation is 1. The molecule has 1 N–H and O–H groups in total. The number of carbonyl (C=O) groups excluding carboxylic acids is 4. The highest BCUT2D eigenvalue weighted by atomic mass is 16.7. The van der Waals surface area contributed by atoms with Gasteiger partial charge >= 0.3 is 23.9 Å². The Labute approximate surface area is 268 Å². The van der Waals surface area contributed by atoms with Gasteiger partial charge in [-0.3, -0.25) is 19.2 Å². The molecule has 6 unspecified atom stereocenters. The summed E-state index contributed by atoms with van der Waals surface area (Å²) < 4.78 is 29.0. The molecule has 2 aliphatic rings. The minimum atomic E-state index is -1.27. The average molecular weight is 637 g/mol. The monoisotopic (exact) mass is 636 g/mol. The number of rotatable bonds is 11. The summed E-state index contributed by atoms with van der Waals surface area (Å²) >= 11 is 0. The fourth-order valence-corrected chi connectivity index (χ4v) is 6.17. The fraction of sp³-hybridized carbons (Fsp3) is 0.429. The van der Waals surface area contributed by atoms with Gasteiger partial charge in [0.15, 0.2) is 12.2 Å². The van der Waals surface area contributed by atoms with Crippen LogP contribution in [0.5, 0.6) is 0 Å². The molecule has 46 heavy (non-hydrogen) atoms. The Morgan fingerprint density at radius 3 is 2.11 bits per heavy atom. The van der Waals surface area contributed by atoms with E-state index in [4.69, 9.17) is 28.8 Å². The summed E-state index contributed by atoms with van der Waals surface area (Å²) in [5, 5.41) is 9.06. The molecular weight excluding hydrogens is 594 g/mol. The number of aliphatic hydroxyl groups is 1. The Bertz CT molecular complexity index is 1510. The molecule has 4 rings (SSSR count). The molecule has 11 heteroatoms. The Hall–Kier alpha value is -4.32. The van der Waals surface area contributed by atoms with E-state index < -0.39 is 54.5 Å². The van der Waals surface area contributed by atoms with Gasteiger partial charge in [-0.25, -0.2) is 4.48 Å². The highest BCUT2D eigenvalue weighted by Gasteiger charge is 2.60. The number of quaternary nitrogens is 1. The minimum absolute atomic E-state index is 0.00655. The van der Waals surface area contributed by atoms with Gasteiger partial charge in [0.1, 0.15) is 24.6 Å². The molecular formula is C35H42NO10+. The second kappa shape index (κ2) is 14.8. The van der Waals surface area contributed by atoms with Crippen LogP contribution < -0.4 is 4.48 Å². The van der Waals surface area contributed by atoms with E-state index in [1.54, 1.807) is 0 Å². The normalized spacial score (nSPS) is 25.4. The lowest BCUT2D eigenvalue weighted by Gasteiger charge is -2.48. The van der Waals surface area contributed by atoms with Crippen LogP contribution in [0.25, 0.3) is 11.6 Å². The summed E-state index contributed by atoms with van der Waals surface area (Å²) in [6.45, 7) is 6.69. The molecule has 0 amide bonds. The second-order valence-electron chi connectivity index (χ2n) is 11.7. The molecule has 2 aromatic carbocycles. The van der Waals surface area contributed by atoms with Crippen molar-refractivity contribution in [2.45, 2.75) is 78.1 Å². The molecule has 2 aliphatic heterocycles. The first-order chi connectivity index (χ1) is 21.8. The number of allylic oxidation sites excluding steroid dienone is 1. The first-order valence-corrected chi connectivity index (χ1v) is 15.2. The van der Waals surface area contributed by atoms with Crippen LogP contribution in [0.3, 0.4) is 0 Å². The molecule has 11 nitrogen and oxygen atoms in total. The molecule has 0 spiro atoms. The van der Waals surface area contributed by atoms with Crippen LogP contribution in [0.1, 0.15) is 56.4 Å².